The number of H-pyrrole nitrogens is 1. The number of amides is 1. The molecule has 1 saturated heterocycles. The molecule has 1 aromatic carbocycles. The Kier molecular flexibility index (Phi) is 8.94. The highest BCUT2D eigenvalue weighted by Gasteiger charge is 2.23. The second-order valence-corrected chi connectivity index (χ2v) is 11.7. The molecule has 1 fully saturated rings. The van der Waals surface area contributed by atoms with Crippen molar-refractivity contribution in [3.8, 4) is 11.3 Å². The smallest absolute Gasteiger partial charge is 0.261 e. The van der Waals surface area contributed by atoms with E-state index in [1.807, 2.05) is 18.2 Å². The van der Waals surface area contributed by atoms with Gasteiger partial charge in [-0.05, 0) is 42.8 Å². The Labute approximate surface area is 241 Å². The topological polar surface area (TPSA) is 141 Å². The number of anilines is 3. The highest BCUT2D eigenvalue weighted by atomic mass is 32.2. The monoisotopic (exact) mass is 599 g/mol. The van der Waals surface area contributed by atoms with Gasteiger partial charge in [0.2, 0.25) is 10.0 Å². The molecule has 5 rings (SSSR count). The van der Waals surface area contributed by atoms with Crippen molar-refractivity contribution < 1.29 is 26.7 Å². The molecular formula is C28H31F2N7O4S. The normalized spacial score (nSPS) is 14.2. The van der Waals surface area contributed by atoms with E-state index in [9.17, 15) is 17.6 Å². The standard InChI is InChI=1S/C28H31F2N7O4S/c1-2-13-42(39,40)36-22-5-4-21(29)25(26(22)30)28(38)34-20-14-19-15-23(35-27(19)33-17-20)18-3-6-24(32-16-18)31-7-8-37-9-11-41-12-10-37/h3-6,14-17,36H,2,7-13H2,1H3,(H,31,32)(H,33,35)(H,34,38). The lowest BCUT2D eigenvalue weighted by Crippen LogP contribution is -2.39. The van der Waals surface area contributed by atoms with Gasteiger partial charge in [-0.1, -0.05) is 6.92 Å². The largest absolute Gasteiger partial charge is 0.379 e. The van der Waals surface area contributed by atoms with Crippen molar-refractivity contribution in [2.24, 2.45) is 0 Å². The van der Waals surface area contributed by atoms with E-state index in [0.717, 1.165) is 68.6 Å². The lowest BCUT2D eigenvalue weighted by Gasteiger charge is -2.26. The minimum absolute atomic E-state index is 0.201. The summed E-state index contributed by atoms with van der Waals surface area (Å²) >= 11 is 0. The number of aromatic nitrogens is 3. The summed E-state index contributed by atoms with van der Waals surface area (Å²) in [5.41, 5.74) is 0.894. The van der Waals surface area contributed by atoms with Crippen LogP contribution in [0, 0.1) is 11.6 Å². The van der Waals surface area contributed by atoms with Gasteiger partial charge in [-0.15, -0.1) is 0 Å². The van der Waals surface area contributed by atoms with Crippen LogP contribution in [0.2, 0.25) is 0 Å². The maximum atomic E-state index is 15.0. The Hall–Kier alpha value is -4.14. The zero-order valence-electron chi connectivity index (χ0n) is 22.9. The molecule has 0 unspecified atom stereocenters. The van der Waals surface area contributed by atoms with Gasteiger partial charge in [-0.25, -0.2) is 27.2 Å². The van der Waals surface area contributed by atoms with Crippen LogP contribution in [0.3, 0.4) is 0 Å². The van der Waals surface area contributed by atoms with E-state index in [1.165, 1.54) is 6.20 Å². The first-order valence-electron chi connectivity index (χ1n) is 13.5. The van der Waals surface area contributed by atoms with Crippen molar-refractivity contribution in [2.75, 3.05) is 60.5 Å². The Morgan fingerprint density at radius 3 is 2.64 bits per heavy atom. The summed E-state index contributed by atoms with van der Waals surface area (Å²) in [5.74, 6) is -3.01. The van der Waals surface area contributed by atoms with E-state index < -0.39 is 38.8 Å². The van der Waals surface area contributed by atoms with Gasteiger partial charge in [-0.3, -0.25) is 14.4 Å². The maximum absolute atomic E-state index is 15.0. The molecule has 0 saturated carbocycles. The number of sulfonamides is 1. The first-order valence-corrected chi connectivity index (χ1v) is 15.2. The molecule has 14 heteroatoms. The molecule has 1 amide bonds. The molecule has 1 aliphatic heterocycles. The van der Waals surface area contributed by atoms with Gasteiger partial charge in [0, 0.05) is 49.0 Å². The predicted molar refractivity (Wildman–Crippen MR) is 157 cm³/mol. The van der Waals surface area contributed by atoms with Gasteiger partial charge in [0.05, 0.1) is 36.5 Å². The summed E-state index contributed by atoms with van der Waals surface area (Å²) in [6, 6.07) is 9.01. The van der Waals surface area contributed by atoms with E-state index >= 15 is 4.39 Å². The molecule has 11 nitrogen and oxygen atoms in total. The van der Waals surface area contributed by atoms with Crippen LogP contribution in [0.25, 0.3) is 22.3 Å². The average molecular weight is 600 g/mol. The second kappa shape index (κ2) is 12.8. The number of carbonyl (C=O) groups is 1. The maximum Gasteiger partial charge on any atom is 0.261 e. The minimum atomic E-state index is -3.85. The number of pyridine rings is 2. The minimum Gasteiger partial charge on any atom is -0.379 e. The molecule has 0 radical (unpaired) electrons. The van der Waals surface area contributed by atoms with E-state index in [2.05, 4.69) is 35.2 Å². The van der Waals surface area contributed by atoms with Crippen LogP contribution < -0.4 is 15.4 Å². The lowest BCUT2D eigenvalue weighted by molar-refractivity contribution is 0.0398. The number of aromatic amines is 1. The van der Waals surface area contributed by atoms with Gasteiger partial charge in [-0.2, -0.15) is 0 Å². The Bertz CT molecular complexity index is 1670. The van der Waals surface area contributed by atoms with Crippen LogP contribution in [-0.4, -0.2) is 79.3 Å². The predicted octanol–water partition coefficient (Wildman–Crippen LogP) is 4.05. The highest BCUT2D eigenvalue weighted by molar-refractivity contribution is 7.92. The second-order valence-electron chi connectivity index (χ2n) is 9.82. The Balaban J connectivity index is 1.26. The quantitative estimate of drug-likeness (QED) is 0.202. The molecule has 4 aromatic rings. The number of hydrogen-bond acceptors (Lipinski definition) is 8. The van der Waals surface area contributed by atoms with E-state index in [4.69, 9.17) is 4.74 Å². The fraction of sp³-hybridized carbons (Fsp3) is 0.321. The molecule has 0 aliphatic carbocycles. The first kappa shape index (κ1) is 29.4. The lowest BCUT2D eigenvalue weighted by atomic mass is 10.1. The summed E-state index contributed by atoms with van der Waals surface area (Å²) in [5, 5.41) is 6.41. The third-order valence-electron chi connectivity index (χ3n) is 6.70. The van der Waals surface area contributed by atoms with Crippen LogP contribution >= 0.6 is 0 Å². The first-order chi connectivity index (χ1) is 20.2. The van der Waals surface area contributed by atoms with Gasteiger partial charge in [0.15, 0.2) is 5.82 Å². The Morgan fingerprint density at radius 2 is 1.90 bits per heavy atom. The van der Waals surface area contributed by atoms with Crippen molar-refractivity contribution in [1.82, 2.24) is 19.9 Å². The summed E-state index contributed by atoms with van der Waals surface area (Å²) < 4.78 is 61.0. The number of rotatable bonds is 11. The summed E-state index contributed by atoms with van der Waals surface area (Å²) in [6.07, 6.45) is 3.39. The van der Waals surface area contributed by atoms with Crippen LogP contribution in [0.5, 0.6) is 0 Å². The molecule has 4 heterocycles. The highest BCUT2D eigenvalue weighted by Crippen LogP contribution is 2.27. The van der Waals surface area contributed by atoms with Crippen LogP contribution in [0.1, 0.15) is 23.7 Å². The molecule has 3 aromatic heterocycles. The molecule has 0 bridgehead atoms. The number of ether oxygens (including phenoxy) is 1. The van der Waals surface area contributed by atoms with Crippen molar-refractivity contribution in [2.45, 2.75) is 13.3 Å². The van der Waals surface area contributed by atoms with E-state index in [0.29, 0.717) is 17.5 Å². The van der Waals surface area contributed by atoms with Crippen molar-refractivity contribution in [3.63, 3.8) is 0 Å². The zero-order chi connectivity index (χ0) is 29.7. The fourth-order valence-corrected chi connectivity index (χ4v) is 5.72. The van der Waals surface area contributed by atoms with Gasteiger partial charge >= 0.3 is 0 Å². The molecule has 4 N–H and O–H groups in total. The SMILES string of the molecule is CCCS(=O)(=O)Nc1ccc(F)c(C(=O)Nc2cnc3[nH]c(-c4ccc(NCCN5CCOCC5)nc4)cc3c2)c1F. The third-order valence-corrected chi connectivity index (χ3v) is 8.17. The third kappa shape index (κ3) is 7.01. The summed E-state index contributed by atoms with van der Waals surface area (Å²) in [4.78, 5) is 27.2. The molecule has 0 atom stereocenters. The molecule has 222 valence electrons. The number of nitrogens with zero attached hydrogens (tertiary/aromatic N) is 3. The zero-order valence-corrected chi connectivity index (χ0v) is 23.7. The van der Waals surface area contributed by atoms with Crippen molar-refractivity contribution in [1.29, 1.82) is 0 Å². The van der Waals surface area contributed by atoms with Gasteiger partial charge in [0.1, 0.15) is 22.8 Å². The number of nitrogens with one attached hydrogen (secondary N) is 4. The molecule has 42 heavy (non-hydrogen) atoms. The summed E-state index contributed by atoms with van der Waals surface area (Å²) in [7, 11) is -3.85. The number of hydrogen-bond donors (Lipinski definition) is 4. The summed E-state index contributed by atoms with van der Waals surface area (Å²) in [6.45, 7) is 6.70. The van der Waals surface area contributed by atoms with E-state index in [1.54, 1.807) is 19.2 Å². The van der Waals surface area contributed by atoms with Crippen LogP contribution in [0.4, 0.5) is 26.0 Å². The number of halogens is 2. The molecule has 1 aliphatic rings. The fourth-order valence-electron chi connectivity index (χ4n) is 4.58. The Morgan fingerprint density at radius 1 is 1.10 bits per heavy atom. The number of morpholine rings is 1. The van der Waals surface area contributed by atoms with E-state index in [-0.39, 0.29) is 11.4 Å². The molecule has 0 spiro atoms. The number of carbonyl (C=O) groups excluding carboxylic acids is 1. The van der Waals surface area contributed by atoms with Gasteiger partial charge < -0.3 is 20.4 Å². The van der Waals surface area contributed by atoms with Crippen LogP contribution in [0.15, 0.2) is 48.8 Å². The number of benzene rings is 1. The van der Waals surface area contributed by atoms with Crippen molar-refractivity contribution >= 4 is 44.2 Å². The van der Waals surface area contributed by atoms with Gasteiger partial charge in [0.25, 0.3) is 5.91 Å². The molecular weight excluding hydrogens is 568 g/mol. The van der Waals surface area contributed by atoms with Crippen molar-refractivity contribution in [3.05, 3.63) is 66.0 Å². The average Bonchev–Trinajstić information content (AvgIpc) is 3.39. The van der Waals surface area contributed by atoms with Crippen LogP contribution in [-0.2, 0) is 14.8 Å². The number of fused-ring (bicyclic) bond motifs is 1.